The van der Waals surface area contributed by atoms with Crippen LogP contribution >= 0.6 is 0 Å². The lowest BCUT2D eigenvalue weighted by Crippen LogP contribution is -2.44. The molecule has 0 radical (unpaired) electrons. The van der Waals surface area contributed by atoms with Crippen LogP contribution in [0.1, 0.15) is 26.2 Å². The van der Waals surface area contributed by atoms with Crippen molar-refractivity contribution in [3.05, 3.63) is 0 Å². The molecule has 1 rings (SSSR count). The minimum absolute atomic E-state index is 0.190. The van der Waals surface area contributed by atoms with Crippen molar-refractivity contribution >= 4 is 5.91 Å². The van der Waals surface area contributed by atoms with Gasteiger partial charge in [-0.25, -0.2) is 0 Å². The van der Waals surface area contributed by atoms with Gasteiger partial charge in [0.1, 0.15) is 0 Å². The first-order valence-electron chi connectivity index (χ1n) is 5.79. The number of carbonyl (C=O) groups is 1. The zero-order valence-corrected chi connectivity index (χ0v) is 9.79. The van der Waals surface area contributed by atoms with Crippen LogP contribution in [0.15, 0.2) is 0 Å². The smallest absolute Gasteiger partial charge is 0.236 e. The summed E-state index contributed by atoms with van der Waals surface area (Å²) in [5.74, 6) is 0.190. The van der Waals surface area contributed by atoms with Crippen molar-refractivity contribution in [1.82, 2.24) is 10.2 Å². The predicted molar refractivity (Wildman–Crippen MR) is 59.8 cm³/mol. The Hall–Kier alpha value is -0.610. The van der Waals surface area contributed by atoms with Gasteiger partial charge in [-0.05, 0) is 25.8 Å². The highest BCUT2D eigenvalue weighted by molar-refractivity contribution is 5.78. The summed E-state index contributed by atoms with van der Waals surface area (Å²) < 4.78 is 5.27. The second-order valence-electron chi connectivity index (χ2n) is 4.02. The van der Waals surface area contributed by atoms with Crippen LogP contribution in [-0.4, -0.2) is 50.2 Å². The van der Waals surface area contributed by atoms with Crippen LogP contribution in [-0.2, 0) is 9.53 Å². The Morgan fingerprint density at radius 3 is 2.73 bits per heavy atom. The predicted octanol–water partition coefficient (Wildman–Crippen LogP) is 0.623. The Kier molecular flexibility index (Phi) is 5.65. The Labute approximate surface area is 92.0 Å². The van der Waals surface area contributed by atoms with E-state index in [9.17, 15) is 4.79 Å². The second-order valence-corrected chi connectivity index (χ2v) is 4.02. The third-order valence-corrected chi connectivity index (χ3v) is 2.83. The minimum atomic E-state index is 0.190. The second kappa shape index (κ2) is 6.80. The number of hydrogen-bond acceptors (Lipinski definition) is 3. The average Bonchev–Trinajstić information content (AvgIpc) is 2.29. The molecule has 0 atom stereocenters. The molecule has 0 aromatic rings. The molecule has 88 valence electrons. The molecule has 15 heavy (non-hydrogen) atoms. The van der Waals surface area contributed by atoms with Crippen LogP contribution in [0.3, 0.4) is 0 Å². The van der Waals surface area contributed by atoms with E-state index in [0.717, 1.165) is 39.0 Å². The average molecular weight is 214 g/mol. The van der Waals surface area contributed by atoms with Gasteiger partial charge < -0.3 is 15.0 Å². The first-order chi connectivity index (χ1) is 7.25. The number of hydrogen-bond donors (Lipinski definition) is 1. The summed E-state index contributed by atoms with van der Waals surface area (Å²) >= 11 is 0. The standard InChI is InChI=1S/C11H22N2O2/c1-3-6-12-9-11(14)13(2)10-4-7-15-8-5-10/h10,12H,3-9H2,1-2H3. The van der Waals surface area contributed by atoms with Gasteiger partial charge in [0.2, 0.25) is 5.91 Å². The van der Waals surface area contributed by atoms with Crippen molar-refractivity contribution in [2.24, 2.45) is 0 Å². The summed E-state index contributed by atoms with van der Waals surface area (Å²) in [6.07, 6.45) is 3.00. The molecule has 1 aliphatic rings. The zero-order valence-electron chi connectivity index (χ0n) is 9.79. The molecule has 4 heteroatoms. The molecule has 4 nitrogen and oxygen atoms in total. The van der Waals surface area contributed by atoms with E-state index < -0.39 is 0 Å². The molecule has 0 unspecified atom stereocenters. The molecule has 1 fully saturated rings. The van der Waals surface area contributed by atoms with Crippen molar-refractivity contribution in [3.8, 4) is 0 Å². The van der Waals surface area contributed by atoms with Crippen LogP contribution in [0.2, 0.25) is 0 Å². The quantitative estimate of drug-likeness (QED) is 0.682. The Morgan fingerprint density at radius 2 is 2.13 bits per heavy atom. The number of nitrogens with one attached hydrogen (secondary N) is 1. The van der Waals surface area contributed by atoms with Gasteiger partial charge in [0.15, 0.2) is 0 Å². The Morgan fingerprint density at radius 1 is 1.47 bits per heavy atom. The van der Waals surface area contributed by atoms with Gasteiger partial charge in [0.25, 0.3) is 0 Å². The van der Waals surface area contributed by atoms with Gasteiger partial charge in [-0.3, -0.25) is 4.79 Å². The maximum absolute atomic E-state index is 11.7. The number of rotatable bonds is 5. The summed E-state index contributed by atoms with van der Waals surface area (Å²) in [6.45, 7) is 5.03. The van der Waals surface area contributed by atoms with Gasteiger partial charge in [-0.15, -0.1) is 0 Å². The molecule has 1 aliphatic heterocycles. The van der Waals surface area contributed by atoms with Crippen molar-refractivity contribution in [2.75, 3.05) is 33.4 Å². The van der Waals surface area contributed by atoms with E-state index >= 15 is 0 Å². The molecule has 0 aromatic heterocycles. The number of nitrogens with zero attached hydrogens (tertiary/aromatic N) is 1. The van der Waals surface area contributed by atoms with Crippen LogP contribution in [0, 0.1) is 0 Å². The SMILES string of the molecule is CCCNCC(=O)N(C)C1CCOCC1. The highest BCUT2D eigenvalue weighted by atomic mass is 16.5. The highest BCUT2D eigenvalue weighted by Crippen LogP contribution is 2.12. The number of carbonyl (C=O) groups excluding carboxylic acids is 1. The van der Waals surface area contributed by atoms with Gasteiger partial charge >= 0.3 is 0 Å². The molecule has 1 N–H and O–H groups in total. The molecular formula is C11H22N2O2. The molecule has 0 aliphatic carbocycles. The van der Waals surface area contributed by atoms with Gasteiger partial charge in [-0.2, -0.15) is 0 Å². The first-order valence-corrected chi connectivity index (χ1v) is 5.79. The van der Waals surface area contributed by atoms with Crippen LogP contribution in [0.25, 0.3) is 0 Å². The molecule has 0 aromatic carbocycles. The normalized spacial score (nSPS) is 17.7. The minimum Gasteiger partial charge on any atom is -0.381 e. The van der Waals surface area contributed by atoms with E-state index in [1.807, 2.05) is 11.9 Å². The van der Waals surface area contributed by atoms with E-state index in [-0.39, 0.29) is 5.91 Å². The molecular weight excluding hydrogens is 192 g/mol. The van der Waals surface area contributed by atoms with E-state index in [0.29, 0.717) is 12.6 Å². The third kappa shape index (κ3) is 4.18. The lowest BCUT2D eigenvalue weighted by atomic mass is 10.1. The molecule has 1 heterocycles. The Bertz CT molecular complexity index is 191. The largest absolute Gasteiger partial charge is 0.381 e. The maximum Gasteiger partial charge on any atom is 0.236 e. The summed E-state index contributed by atoms with van der Waals surface area (Å²) in [5.41, 5.74) is 0. The van der Waals surface area contributed by atoms with E-state index in [1.54, 1.807) is 0 Å². The molecule has 0 bridgehead atoms. The fraction of sp³-hybridized carbons (Fsp3) is 0.909. The fourth-order valence-electron chi connectivity index (χ4n) is 1.77. The lowest BCUT2D eigenvalue weighted by molar-refractivity contribution is -0.132. The lowest BCUT2D eigenvalue weighted by Gasteiger charge is -2.31. The van der Waals surface area contributed by atoms with Gasteiger partial charge in [0, 0.05) is 26.3 Å². The van der Waals surface area contributed by atoms with Crippen LogP contribution in [0.5, 0.6) is 0 Å². The Balaban J connectivity index is 2.24. The van der Waals surface area contributed by atoms with Gasteiger partial charge in [-0.1, -0.05) is 6.92 Å². The summed E-state index contributed by atoms with van der Waals surface area (Å²) in [6, 6.07) is 0.370. The van der Waals surface area contributed by atoms with Crippen molar-refractivity contribution in [2.45, 2.75) is 32.2 Å². The molecule has 1 saturated heterocycles. The van der Waals surface area contributed by atoms with E-state index in [2.05, 4.69) is 12.2 Å². The van der Waals surface area contributed by atoms with Crippen LogP contribution < -0.4 is 5.32 Å². The number of likely N-dealkylation sites (N-methyl/N-ethyl adjacent to an activating group) is 1. The van der Waals surface area contributed by atoms with Gasteiger partial charge in [0.05, 0.1) is 6.54 Å². The maximum atomic E-state index is 11.7. The summed E-state index contributed by atoms with van der Waals surface area (Å²) in [4.78, 5) is 13.6. The molecule has 0 spiro atoms. The zero-order chi connectivity index (χ0) is 11.1. The van der Waals surface area contributed by atoms with Crippen molar-refractivity contribution in [1.29, 1.82) is 0 Å². The molecule has 0 saturated carbocycles. The molecule has 1 amide bonds. The summed E-state index contributed by atoms with van der Waals surface area (Å²) in [7, 11) is 1.89. The van der Waals surface area contributed by atoms with Crippen molar-refractivity contribution in [3.63, 3.8) is 0 Å². The third-order valence-electron chi connectivity index (χ3n) is 2.83. The van der Waals surface area contributed by atoms with Crippen LogP contribution in [0.4, 0.5) is 0 Å². The van der Waals surface area contributed by atoms with E-state index in [1.165, 1.54) is 0 Å². The number of ether oxygens (including phenoxy) is 1. The number of amides is 1. The van der Waals surface area contributed by atoms with Crippen molar-refractivity contribution < 1.29 is 9.53 Å². The summed E-state index contributed by atoms with van der Waals surface area (Å²) in [5, 5.41) is 3.13. The monoisotopic (exact) mass is 214 g/mol. The fourth-order valence-corrected chi connectivity index (χ4v) is 1.77. The highest BCUT2D eigenvalue weighted by Gasteiger charge is 2.21. The first kappa shape index (κ1) is 12.5. The van der Waals surface area contributed by atoms with E-state index in [4.69, 9.17) is 4.74 Å². The topological polar surface area (TPSA) is 41.6 Å².